The summed E-state index contributed by atoms with van der Waals surface area (Å²) in [5, 5.41) is 0. The van der Waals surface area contributed by atoms with Crippen molar-refractivity contribution in [2.75, 3.05) is 14.1 Å². The van der Waals surface area contributed by atoms with Crippen molar-refractivity contribution in [2.45, 2.75) is 0 Å². The molecule has 0 saturated carbocycles. The fourth-order valence-corrected chi connectivity index (χ4v) is 1.04. The Morgan fingerprint density at radius 1 is 1.38 bits per heavy atom. The number of nitrogens with zero attached hydrogens (tertiary/aromatic N) is 1. The first kappa shape index (κ1) is 16.0. The molecular weight excluding hydrogens is 185 g/mol. The molecule has 2 nitrogen and oxygen atoms in total. The normalized spacial score (nSPS) is 6.88. The van der Waals surface area contributed by atoms with Crippen LogP contribution in [0.15, 0.2) is 0 Å². The first-order valence-electron chi connectivity index (χ1n) is 1.61. The van der Waals surface area contributed by atoms with Crippen LogP contribution in [0.3, 0.4) is 0 Å². The average Bonchev–Trinajstić information content (AvgIpc) is 1.35. The Hall–Kier alpha value is 1.07. The molecule has 0 fully saturated rings. The standard InChI is InChI=1S/C2H8N2P2.2ClH/c1-4(2)6-3-5;;/h5H2,1-2H3;2*1H/p+1. The van der Waals surface area contributed by atoms with Gasteiger partial charge in [-0.15, -0.1) is 24.8 Å². The van der Waals surface area contributed by atoms with Crippen LogP contribution in [0.2, 0.25) is 0 Å². The van der Waals surface area contributed by atoms with Gasteiger partial charge in [0.1, 0.15) is 14.1 Å². The monoisotopic (exact) mass is 195 g/mol. The summed E-state index contributed by atoms with van der Waals surface area (Å²) in [4.78, 5) is 2.88. The van der Waals surface area contributed by atoms with E-state index in [-0.39, 0.29) is 24.8 Å². The second-order valence-electron chi connectivity index (χ2n) is 1.08. The zero-order chi connectivity index (χ0) is 4.99. The van der Waals surface area contributed by atoms with Crippen LogP contribution in [0, 0.1) is 0 Å². The topological polar surface area (TPSA) is 15.0 Å². The quantitative estimate of drug-likeness (QED) is 0.628. The molecule has 0 aliphatic carbocycles. The molecule has 0 aliphatic heterocycles. The van der Waals surface area contributed by atoms with E-state index in [9.17, 15) is 0 Å². The molecule has 0 bridgehead atoms. The highest BCUT2D eigenvalue weighted by Crippen LogP contribution is 1.88. The van der Waals surface area contributed by atoms with Gasteiger partial charge >= 0.3 is 8.52 Å². The average molecular weight is 196 g/mol. The molecule has 0 aliphatic rings. The minimum Gasteiger partial charge on any atom is -0.212 e. The number of halogens is 2. The van der Waals surface area contributed by atoms with Gasteiger partial charge in [-0.25, -0.2) is 4.33 Å². The summed E-state index contributed by atoms with van der Waals surface area (Å²) in [6.45, 7) is 0. The largest absolute Gasteiger partial charge is 0.308 e. The van der Waals surface area contributed by atoms with E-state index >= 15 is 0 Å². The van der Waals surface area contributed by atoms with Crippen LogP contribution in [0.1, 0.15) is 0 Å². The maximum Gasteiger partial charge on any atom is 0.308 e. The molecule has 1 unspecified atom stereocenters. The summed E-state index contributed by atoms with van der Waals surface area (Å²) in [5.74, 6) is 0. The van der Waals surface area contributed by atoms with E-state index in [1.54, 1.807) is 0 Å². The Labute approximate surface area is 66.4 Å². The summed E-state index contributed by atoms with van der Waals surface area (Å²) in [6.07, 6.45) is 0. The van der Waals surface area contributed by atoms with Crippen molar-refractivity contribution in [2.24, 2.45) is 0 Å². The highest BCUT2D eigenvalue weighted by atomic mass is 35.5. The van der Waals surface area contributed by atoms with Gasteiger partial charge in [-0.2, -0.15) is 4.86 Å². The minimum absolute atomic E-state index is 0. The van der Waals surface area contributed by atoms with Crippen molar-refractivity contribution < 1.29 is 4.33 Å². The summed E-state index contributed by atoms with van der Waals surface area (Å²) < 4.78 is 2.02. The Kier molecular flexibility index (Phi) is 21.9. The van der Waals surface area contributed by atoms with E-state index in [1.807, 2.05) is 18.4 Å². The molecule has 0 aromatic carbocycles. The van der Waals surface area contributed by atoms with Crippen molar-refractivity contribution in [3.05, 3.63) is 0 Å². The molecule has 1 atom stereocenters. The van der Waals surface area contributed by atoms with Crippen LogP contribution < -0.4 is 4.86 Å². The lowest BCUT2D eigenvalue weighted by atomic mass is 11.3. The lowest BCUT2D eigenvalue weighted by Gasteiger charge is -1.75. The fraction of sp³-hybridized carbons (Fsp3) is 1.00. The van der Waals surface area contributed by atoms with E-state index < -0.39 is 0 Å². The van der Waals surface area contributed by atoms with Crippen molar-refractivity contribution in [1.29, 1.82) is 0 Å². The summed E-state index contributed by atoms with van der Waals surface area (Å²) in [6, 6.07) is 0. The van der Waals surface area contributed by atoms with E-state index in [4.69, 9.17) is 0 Å². The predicted octanol–water partition coefficient (Wildman–Crippen LogP) is 1.53. The minimum atomic E-state index is 0. The Morgan fingerprint density at radius 3 is 1.75 bits per heavy atom. The van der Waals surface area contributed by atoms with Crippen molar-refractivity contribution >= 4 is 42.7 Å². The summed E-state index contributed by atoms with van der Waals surface area (Å²) >= 11 is 0. The third-order valence-electron chi connectivity index (χ3n) is 0.258. The highest BCUT2D eigenvalue weighted by Gasteiger charge is 1.74. The third-order valence-corrected chi connectivity index (χ3v) is 1.12. The first-order chi connectivity index (χ1) is 2.77. The van der Waals surface area contributed by atoms with Gasteiger partial charge in [-0.3, -0.25) is 0 Å². The lowest BCUT2D eigenvalue weighted by Crippen LogP contribution is -1.87. The van der Waals surface area contributed by atoms with Crippen LogP contribution in [0.5, 0.6) is 0 Å². The van der Waals surface area contributed by atoms with Gasteiger partial charge in [-0.1, -0.05) is 9.39 Å². The number of nitrogens with one attached hydrogen (secondary N) is 1. The number of rotatable bonds is 1. The van der Waals surface area contributed by atoms with E-state index in [2.05, 4.69) is 14.2 Å². The maximum atomic E-state index is 2.88. The second kappa shape index (κ2) is 10.9. The maximum absolute atomic E-state index is 2.88. The lowest BCUT2D eigenvalue weighted by molar-refractivity contribution is -0.438. The van der Waals surface area contributed by atoms with Crippen molar-refractivity contribution in [1.82, 2.24) is 4.86 Å². The predicted molar refractivity (Wildman–Crippen MR) is 46.4 cm³/mol. The zero-order valence-electron chi connectivity index (χ0n) is 4.79. The molecular formula is C2H11Cl2N2P2+. The molecule has 52 valence electrons. The molecule has 0 radical (unpaired) electrons. The molecule has 8 heavy (non-hydrogen) atoms. The van der Waals surface area contributed by atoms with Gasteiger partial charge in [0.2, 0.25) is 0 Å². The van der Waals surface area contributed by atoms with Gasteiger partial charge < -0.3 is 0 Å². The molecule has 0 saturated heterocycles. The van der Waals surface area contributed by atoms with Crippen LogP contribution in [-0.2, 0) is 0 Å². The summed E-state index contributed by atoms with van der Waals surface area (Å²) in [5.41, 5.74) is 0. The van der Waals surface area contributed by atoms with Gasteiger partial charge in [0, 0.05) is 0 Å². The zero-order valence-corrected chi connectivity index (χ0v) is 8.47. The molecule has 0 aromatic rings. The first-order valence-corrected chi connectivity index (χ1v) is 3.03. The highest BCUT2D eigenvalue weighted by molar-refractivity contribution is 7.35. The SMILES string of the molecule is C[N+](C)=PNP.Cl.Cl. The third kappa shape index (κ3) is 15.7. The van der Waals surface area contributed by atoms with Gasteiger partial charge in [0.05, 0.1) is 0 Å². The van der Waals surface area contributed by atoms with E-state index in [0.717, 1.165) is 8.52 Å². The second-order valence-corrected chi connectivity index (χ2v) is 3.11. The van der Waals surface area contributed by atoms with Crippen molar-refractivity contribution in [3.63, 3.8) is 0 Å². The van der Waals surface area contributed by atoms with Crippen LogP contribution in [0.25, 0.3) is 0 Å². The molecule has 0 heterocycles. The van der Waals surface area contributed by atoms with Crippen LogP contribution in [-0.4, -0.2) is 18.4 Å². The van der Waals surface area contributed by atoms with Crippen LogP contribution in [0.4, 0.5) is 0 Å². The van der Waals surface area contributed by atoms with Gasteiger partial charge in [0.15, 0.2) is 0 Å². The molecule has 0 aromatic heterocycles. The number of hydrogen-bond acceptors (Lipinski definition) is 0. The Morgan fingerprint density at radius 2 is 1.75 bits per heavy atom. The van der Waals surface area contributed by atoms with E-state index in [0.29, 0.717) is 0 Å². The smallest absolute Gasteiger partial charge is 0.212 e. The molecule has 0 amide bonds. The van der Waals surface area contributed by atoms with Crippen molar-refractivity contribution in [3.8, 4) is 0 Å². The van der Waals surface area contributed by atoms with E-state index in [1.165, 1.54) is 0 Å². The van der Waals surface area contributed by atoms with Crippen LogP contribution >= 0.6 is 42.7 Å². The van der Waals surface area contributed by atoms with Gasteiger partial charge in [0.25, 0.3) is 0 Å². The molecule has 0 rings (SSSR count). The summed E-state index contributed by atoms with van der Waals surface area (Å²) in [7, 11) is 7.54. The molecule has 6 heteroatoms. The fourth-order valence-electron chi connectivity index (χ4n) is 0.115. The molecule has 1 N–H and O–H groups in total. The number of hydrogen-bond donors (Lipinski definition) is 1. The Bertz CT molecular complexity index is 63.1. The Balaban J connectivity index is -0.000000125. The van der Waals surface area contributed by atoms with Gasteiger partial charge in [-0.05, 0) is 0 Å². The molecule has 0 spiro atoms.